The molecule has 3 rings (SSSR count). The Kier molecular flexibility index (Phi) is 5.57. The minimum atomic E-state index is -0.621. The van der Waals surface area contributed by atoms with Crippen molar-refractivity contribution < 1.29 is 13.6 Å². The van der Waals surface area contributed by atoms with Crippen LogP contribution in [0.5, 0.6) is 0 Å². The van der Waals surface area contributed by atoms with Gasteiger partial charge in [-0.05, 0) is 42.0 Å². The molecular formula is C20H20F2NO. The summed E-state index contributed by atoms with van der Waals surface area (Å²) in [6, 6.07) is 11.4. The lowest BCUT2D eigenvalue weighted by molar-refractivity contribution is 0.131. The van der Waals surface area contributed by atoms with E-state index in [4.69, 9.17) is 4.84 Å². The summed E-state index contributed by atoms with van der Waals surface area (Å²) in [5.41, 5.74) is 2.58. The van der Waals surface area contributed by atoms with Gasteiger partial charge < -0.3 is 4.84 Å². The summed E-state index contributed by atoms with van der Waals surface area (Å²) in [7, 11) is 0. The highest BCUT2D eigenvalue weighted by Gasteiger charge is 2.17. The fourth-order valence-corrected chi connectivity index (χ4v) is 3.25. The van der Waals surface area contributed by atoms with E-state index in [0.717, 1.165) is 11.6 Å². The fraction of sp³-hybridized carbons (Fsp3) is 0.350. The molecule has 0 atom stereocenters. The first-order valence-corrected chi connectivity index (χ1v) is 8.34. The Balaban J connectivity index is 1.64. The molecule has 0 saturated heterocycles. The van der Waals surface area contributed by atoms with Crippen LogP contribution >= 0.6 is 0 Å². The molecule has 2 aromatic rings. The van der Waals surface area contributed by atoms with Crippen molar-refractivity contribution in [3.63, 3.8) is 0 Å². The highest BCUT2D eigenvalue weighted by Crippen LogP contribution is 2.33. The van der Waals surface area contributed by atoms with Crippen LogP contribution in [0.3, 0.4) is 0 Å². The van der Waals surface area contributed by atoms with E-state index < -0.39 is 11.6 Å². The van der Waals surface area contributed by atoms with Gasteiger partial charge in [-0.25, -0.2) is 8.78 Å². The molecule has 0 amide bonds. The van der Waals surface area contributed by atoms with Gasteiger partial charge in [0.2, 0.25) is 0 Å². The topological polar surface area (TPSA) is 21.6 Å². The van der Waals surface area contributed by atoms with Crippen molar-refractivity contribution in [1.29, 1.82) is 0 Å². The molecule has 24 heavy (non-hydrogen) atoms. The van der Waals surface area contributed by atoms with Gasteiger partial charge in [-0.1, -0.05) is 48.7 Å². The Labute approximate surface area is 141 Å². The number of benzene rings is 2. The van der Waals surface area contributed by atoms with Crippen LogP contribution < -0.4 is 0 Å². The van der Waals surface area contributed by atoms with Gasteiger partial charge in [0.05, 0.1) is 0 Å². The number of nitrogens with zero attached hydrogens (tertiary/aromatic N) is 1. The number of hydrogen-bond donors (Lipinski definition) is 0. The second-order valence-corrected chi connectivity index (χ2v) is 6.18. The van der Waals surface area contributed by atoms with E-state index in [1.54, 1.807) is 0 Å². The minimum absolute atomic E-state index is 0.00722. The molecule has 1 aliphatic carbocycles. The average Bonchev–Trinajstić information content (AvgIpc) is 2.59. The van der Waals surface area contributed by atoms with Gasteiger partial charge in [-0.2, -0.15) is 0 Å². The molecule has 1 fully saturated rings. The lowest BCUT2D eigenvalue weighted by Crippen LogP contribution is -2.07. The van der Waals surface area contributed by atoms with E-state index in [9.17, 15) is 8.78 Å². The first kappa shape index (κ1) is 16.6. The normalized spacial score (nSPS) is 15.8. The van der Waals surface area contributed by atoms with E-state index in [-0.39, 0.29) is 6.61 Å². The van der Waals surface area contributed by atoms with Crippen molar-refractivity contribution in [2.75, 3.05) is 0 Å². The predicted octanol–water partition coefficient (Wildman–Crippen LogP) is 5.44. The molecule has 1 aliphatic rings. The van der Waals surface area contributed by atoms with E-state index in [1.807, 2.05) is 18.2 Å². The van der Waals surface area contributed by atoms with Crippen LogP contribution in [0.1, 0.15) is 54.7 Å². The summed E-state index contributed by atoms with van der Waals surface area (Å²) < 4.78 is 26.2. The van der Waals surface area contributed by atoms with Crippen LogP contribution in [-0.2, 0) is 11.4 Å². The van der Waals surface area contributed by atoms with Crippen molar-refractivity contribution in [2.45, 2.75) is 44.6 Å². The molecule has 0 heterocycles. The molecule has 0 bridgehead atoms. The summed E-state index contributed by atoms with van der Waals surface area (Å²) in [5.74, 6) is -0.691. The molecular weight excluding hydrogens is 308 g/mol. The SMILES string of the molecule is Fc1cc(F)cc(CO/N=[C]\c2ccccc2C2CCCCC2)c1. The molecule has 4 heteroatoms. The number of rotatable bonds is 5. The molecule has 0 spiro atoms. The zero-order valence-corrected chi connectivity index (χ0v) is 13.5. The third kappa shape index (κ3) is 4.40. The monoisotopic (exact) mass is 328 g/mol. The van der Waals surface area contributed by atoms with E-state index >= 15 is 0 Å². The van der Waals surface area contributed by atoms with E-state index in [2.05, 4.69) is 17.4 Å². The fourth-order valence-electron chi connectivity index (χ4n) is 3.25. The summed E-state index contributed by atoms with van der Waals surface area (Å²) in [4.78, 5) is 5.16. The van der Waals surface area contributed by atoms with Gasteiger partial charge in [0, 0.05) is 11.6 Å². The molecule has 2 aromatic carbocycles. The molecule has 125 valence electrons. The van der Waals surface area contributed by atoms with Gasteiger partial charge in [-0.15, -0.1) is 0 Å². The summed E-state index contributed by atoms with van der Waals surface area (Å²) in [5, 5.41) is 3.86. The predicted molar refractivity (Wildman–Crippen MR) is 90.0 cm³/mol. The van der Waals surface area contributed by atoms with E-state index in [0.29, 0.717) is 11.5 Å². The lowest BCUT2D eigenvalue weighted by Gasteiger charge is -2.23. The average molecular weight is 328 g/mol. The van der Waals surface area contributed by atoms with Gasteiger partial charge in [-0.3, -0.25) is 0 Å². The Morgan fingerprint density at radius 1 is 1.00 bits per heavy atom. The largest absolute Gasteiger partial charge is 0.390 e. The van der Waals surface area contributed by atoms with Crippen molar-refractivity contribution in [3.8, 4) is 0 Å². The first-order valence-electron chi connectivity index (χ1n) is 8.34. The quantitative estimate of drug-likeness (QED) is 0.529. The molecule has 1 radical (unpaired) electrons. The summed E-state index contributed by atoms with van der Waals surface area (Å²) in [6.07, 6.45) is 9.15. The summed E-state index contributed by atoms with van der Waals surface area (Å²) in [6.45, 7) is 0.00722. The van der Waals surface area contributed by atoms with Crippen molar-refractivity contribution >= 4 is 6.21 Å². The zero-order valence-electron chi connectivity index (χ0n) is 13.5. The third-order valence-corrected chi connectivity index (χ3v) is 4.39. The maximum Gasteiger partial charge on any atom is 0.142 e. The van der Waals surface area contributed by atoms with Crippen LogP contribution in [0.2, 0.25) is 0 Å². The van der Waals surface area contributed by atoms with E-state index in [1.165, 1.54) is 49.8 Å². The molecule has 2 nitrogen and oxygen atoms in total. The molecule has 0 aromatic heterocycles. The van der Waals surface area contributed by atoms with Gasteiger partial charge >= 0.3 is 0 Å². The zero-order chi connectivity index (χ0) is 16.8. The maximum absolute atomic E-state index is 13.1. The second-order valence-electron chi connectivity index (χ2n) is 6.18. The molecule has 1 saturated carbocycles. The first-order chi connectivity index (χ1) is 11.7. The Bertz CT molecular complexity index is 688. The Morgan fingerprint density at radius 3 is 2.46 bits per heavy atom. The Hall–Kier alpha value is -2.23. The van der Waals surface area contributed by atoms with Crippen LogP contribution in [0.4, 0.5) is 8.78 Å². The third-order valence-electron chi connectivity index (χ3n) is 4.39. The highest BCUT2D eigenvalue weighted by atomic mass is 19.1. The molecule has 0 aliphatic heterocycles. The van der Waals surface area contributed by atoms with Crippen molar-refractivity contribution in [2.24, 2.45) is 5.16 Å². The Morgan fingerprint density at radius 2 is 1.71 bits per heavy atom. The van der Waals surface area contributed by atoms with Crippen LogP contribution in [-0.4, -0.2) is 6.21 Å². The van der Waals surface area contributed by atoms with Gasteiger partial charge in [0.1, 0.15) is 24.5 Å². The van der Waals surface area contributed by atoms with Crippen LogP contribution in [0.25, 0.3) is 0 Å². The van der Waals surface area contributed by atoms with Gasteiger partial charge in [0.25, 0.3) is 0 Å². The smallest absolute Gasteiger partial charge is 0.142 e. The lowest BCUT2D eigenvalue weighted by atomic mass is 9.82. The van der Waals surface area contributed by atoms with Gasteiger partial charge in [0.15, 0.2) is 0 Å². The standard InChI is InChI=1S/C20H20F2NO/c21-18-10-15(11-19(22)12-18)14-24-23-13-17-8-4-5-9-20(17)16-6-2-1-3-7-16/h4-5,8-12,16H,1-3,6-7,14H2. The minimum Gasteiger partial charge on any atom is -0.390 e. The van der Waals surface area contributed by atoms with Crippen molar-refractivity contribution in [3.05, 3.63) is 70.8 Å². The van der Waals surface area contributed by atoms with Crippen molar-refractivity contribution in [1.82, 2.24) is 0 Å². The van der Waals surface area contributed by atoms with Crippen LogP contribution in [0.15, 0.2) is 47.6 Å². The van der Waals surface area contributed by atoms with Crippen LogP contribution in [0, 0.1) is 11.6 Å². The molecule has 0 N–H and O–H groups in total. The number of hydrogen-bond acceptors (Lipinski definition) is 2. The second kappa shape index (κ2) is 8.04. The molecule has 0 unspecified atom stereocenters. The maximum atomic E-state index is 13.1. The summed E-state index contributed by atoms with van der Waals surface area (Å²) >= 11 is 0. The number of halogens is 2. The highest BCUT2D eigenvalue weighted by molar-refractivity contribution is 5.81.